The lowest BCUT2D eigenvalue weighted by molar-refractivity contribution is -0.141. The van der Waals surface area contributed by atoms with Gasteiger partial charge < -0.3 is 14.6 Å². The molecule has 0 radical (unpaired) electrons. The first kappa shape index (κ1) is 20.3. The number of aliphatic carboxylic acids is 1. The highest BCUT2D eigenvalue weighted by Gasteiger charge is 2.34. The standard InChI is InChI=1S/C21H21FN2O5/c1-28-18-8-7-13(11-19(18)29-2)16-12-17(14-5-3-4-6-15(14)22)24(23-16)20(25)9-10-21(26)27/h3-8,11,17H,9-10,12H2,1-2H3,(H,26,27)/t17-/m0/s1. The van der Waals surface area contributed by atoms with Crippen molar-refractivity contribution >= 4 is 17.6 Å². The molecule has 0 spiro atoms. The molecule has 1 aliphatic heterocycles. The van der Waals surface area contributed by atoms with E-state index in [4.69, 9.17) is 14.6 Å². The number of amides is 1. The van der Waals surface area contributed by atoms with Crippen molar-refractivity contribution < 1.29 is 28.6 Å². The van der Waals surface area contributed by atoms with Crippen LogP contribution in [0, 0.1) is 5.82 Å². The number of nitrogens with zero attached hydrogens (tertiary/aromatic N) is 2. The Morgan fingerprint density at radius 1 is 1.14 bits per heavy atom. The molecule has 0 aliphatic carbocycles. The molecular weight excluding hydrogens is 379 g/mol. The Morgan fingerprint density at radius 2 is 1.86 bits per heavy atom. The van der Waals surface area contributed by atoms with Crippen molar-refractivity contribution in [2.24, 2.45) is 5.10 Å². The number of ether oxygens (including phenoxy) is 2. The average molecular weight is 400 g/mol. The molecule has 1 N–H and O–H groups in total. The maximum Gasteiger partial charge on any atom is 0.303 e. The van der Waals surface area contributed by atoms with E-state index in [1.54, 1.807) is 36.4 Å². The van der Waals surface area contributed by atoms with E-state index in [2.05, 4.69) is 5.10 Å². The topological polar surface area (TPSA) is 88.4 Å². The number of carbonyl (C=O) groups excluding carboxylic acids is 1. The Morgan fingerprint density at radius 3 is 2.52 bits per heavy atom. The molecule has 3 rings (SSSR count). The van der Waals surface area contributed by atoms with Crippen LogP contribution in [0.4, 0.5) is 4.39 Å². The Labute approximate surface area is 167 Å². The minimum Gasteiger partial charge on any atom is -0.493 e. The highest BCUT2D eigenvalue weighted by molar-refractivity contribution is 6.03. The summed E-state index contributed by atoms with van der Waals surface area (Å²) in [5.74, 6) is -0.946. The van der Waals surface area contributed by atoms with Gasteiger partial charge in [-0.15, -0.1) is 0 Å². The highest BCUT2D eigenvalue weighted by Crippen LogP contribution is 2.36. The van der Waals surface area contributed by atoms with E-state index in [1.807, 2.05) is 0 Å². The van der Waals surface area contributed by atoms with E-state index >= 15 is 0 Å². The Kier molecular flexibility index (Phi) is 6.11. The first-order valence-electron chi connectivity index (χ1n) is 9.02. The van der Waals surface area contributed by atoms with Crippen LogP contribution in [0.1, 0.15) is 36.4 Å². The van der Waals surface area contributed by atoms with Crippen LogP contribution < -0.4 is 9.47 Å². The van der Waals surface area contributed by atoms with Crippen LogP contribution in [-0.2, 0) is 9.59 Å². The van der Waals surface area contributed by atoms with Gasteiger partial charge in [0.2, 0.25) is 5.91 Å². The van der Waals surface area contributed by atoms with Crippen molar-refractivity contribution in [2.75, 3.05) is 14.2 Å². The lowest BCUT2D eigenvalue weighted by Crippen LogP contribution is -2.28. The predicted molar refractivity (Wildman–Crippen MR) is 104 cm³/mol. The zero-order chi connectivity index (χ0) is 21.0. The summed E-state index contributed by atoms with van der Waals surface area (Å²) in [4.78, 5) is 23.5. The summed E-state index contributed by atoms with van der Waals surface area (Å²) in [5.41, 5.74) is 1.61. The molecule has 152 valence electrons. The van der Waals surface area contributed by atoms with Gasteiger partial charge in [0, 0.05) is 24.0 Å². The molecule has 0 bridgehead atoms. The van der Waals surface area contributed by atoms with Crippen molar-refractivity contribution in [1.82, 2.24) is 5.01 Å². The Bertz CT molecular complexity index is 960. The largest absolute Gasteiger partial charge is 0.493 e. The van der Waals surface area contributed by atoms with Crippen molar-refractivity contribution in [3.8, 4) is 11.5 Å². The number of carboxylic acid groups (broad SMARTS) is 1. The molecule has 2 aromatic rings. The summed E-state index contributed by atoms with van der Waals surface area (Å²) in [6.07, 6.45) is -0.251. The SMILES string of the molecule is COc1ccc(C2=NN(C(=O)CCC(=O)O)[C@H](c3ccccc3F)C2)cc1OC. The maximum atomic E-state index is 14.4. The molecule has 0 saturated carbocycles. The molecule has 0 fully saturated rings. The number of hydrogen-bond donors (Lipinski definition) is 1. The summed E-state index contributed by atoms with van der Waals surface area (Å²) >= 11 is 0. The fraction of sp³-hybridized carbons (Fsp3) is 0.286. The quantitative estimate of drug-likeness (QED) is 0.770. The van der Waals surface area contributed by atoms with Crippen LogP contribution in [0.25, 0.3) is 0 Å². The molecule has 1 amide bonds. The van der Waals surface area contributed by atoms with Gasteiger partial charge in [-0.05, 0) is 24.3 Å². The van der Waals surface area contributed by atoms with Crippen LogP contribution in [0.15, 0.2) is 47.6 Å². The summed E-state index contributed by atoms with van der Waals surface area (Å²) < 4.78 is 25.0. The number of hydrogen-bond acceptors (Lipinski definition) is 5. The van der Waals surface area contributed by atoms with Gasteiger partial charge in [0.05, 0.1) is 32.4 Å². The monoisotopic (exact) mass is 400 g/mol. The molecule has 29 heavy (non-hydrogen) atoms. The van der Waals surface area contributed by atoms with E-state index in [9.17, 15) is 14.0 Å². The van der Waals surface area contributed by atoms with Gasteiger partial charge in [0.1, 0.15) is 5.82 Å². The van der Waals surface area contributed by atoms with Crippen LogP contribution in [0.5, 0.6) is 11.5 Å². The molecular formula is C21H21FN2O5. The van der Waals surface area contributed by atoms with Crippen LogP contribution in [-0.4, -0.2) is 41.9 Å². The number of halogens is 1. The smallest absolute Gasteiger partial charge is 0.303 e. The molecule has 0 saturated heterocycles. The Balaban J connectivity index is 1.96. The van der Waals surface area contributed by atoms with Crippen LogP contribution in [0.2, 0.25) is 0 Å². The van der Waals surface area contributed by atoms with E-state index in [0.29, 0.717) is 28.3 Å². The second-order valence-electron chi connectivity index (χ2n) is 6.49. The van der Waals surface area contributed by atoms with Crippen LogP contribution in [0.3, 0.4) is 0 Å². The van der Waals surface area contributed by atoms with Gasteiger partial charge in [-0.2, -0.15) is 5.10 Å². The van der Waals surface area contributed by atoms with E-state index in [-0.39, 0.29) is 19.3 Å². The van der Waals surface area contributed by atoms with Gasteiger partial charge in [-0.3, -0.25) is 9.59 Å². The molecule has 0 unspecified atom stereocenters. The van der Waals surface area contributed by atoms with Gasteiger partial charge in [0.25, 0.3) is 0 Å². The summed E-state index contributed by atoms with van der Waals surface area (Å²) in [5, 5.41) is 14.5. The molecule has 1 heterocycles. The third-order valence-corrected chi connectivity index (χ3v) is 4.70. The zero-order valence-corrected chi connectivity index (χ0v) is 16.1. The van der Waals surface area contributed by atoms with Gasteiger partial charge in [0.15, 0.2) is 11.5 Å². The normalized spacial score (nSPS) is 15.8. The second-order valence-corrected chi connectivity index (χ2v) is 6.49. The summed E-state index contributed by atoms with van der Waals surface area (Å²) in [7, 11) is 3.05. The Hall–Kier alpha value is -3.42. The first-order chi connectivity index (χ1) is 13.9. The minimum absolute atomic E-state index is 0.219. The fourth-order valence-corrected chi connectivity index (χ4v) is 3.25. The fourth-order valence-electron chi connectivity index (χ4n) is 3.25. The summed E-state index contributed by atoms with van der Waals surface area (Å²) in [6.45, 7) is 0. The highest BCUT2D eigenvalue weighted by atomic mass is 19.1. The number of methoxy groups -OCH3 is 2. The van der Waals surface area contributed by atoms with E-state index in [1.165, 1.54) is 25.3 Å². The number of carbonyl (C=O) groups is 2. The number of benzene rings is 2. The molecule has 7 nitrogen and oxygen atoms in total. The van der Waals surface area contributed by atoms with Gasteiger partial charge >= 0.3 is 5.97 Å². The number of carboxylic acids is 1. The molecule has 2 aromatic carbocycles. The third kappa shape index (κ3) is 4.37. The van der Waals surface area contributed by atoms with E-state index in [0.717, 1.165) is 0 Å². The number of hydrazone groups is 1. The summed E-state index contributed by atoms with van der Waals surface area (Å²) in [6, 6.07) is 10.8. The van der Waals surface area contributed by atoms with E-state index < -0.39 is 23.7 Å². The predicted octanol–water partition coefficient (Wildman–Crippen LogP) is 3.39. The lowest BCUT2D eigenvalue weighted by Gasteiger charge is -2.22. The second kappa shape index (κ2) is 8.72. The van der Waals surface area contributed by atoms with Crippen molar-refractivity contribution in [1.29, 1.82) is 0 Å². The number of rotatable bonds is 7. The van der Waals surface area contributed by atoms with Gasteiger partial charge in [-0.1, -0.05) is 18.2 Å². The van der Waals surface area contributed by atoms with Crippen molar-refractivity contribution in [3.63, 3.8) is 0 Å². The van der Waals surface area contributed by atoms with Crippen molar-refractivity contribution in [3.05, 3.63) is 59.4 Å². The molecule has 1 aliphatic rings. The molecule has 1 atom stereocenters. The zero-order valence-electron chi connectivity index (χ0n) is 16.1. The maximum absolute atomic E-state index is 14.4. The lowest BCUT2D eigenvalue weighted by atomic mass is 9.97. The minimum atomic E-state index is -1.08. The van der Waals surface area contributed by atoms with Gasteiger partial charge in [-0.25, -0.2) is 9.40 Å². The first-order valence-corrected chi connectivity index (χ1v) is 9.02. The molecule has 0 aromatic heterocycles. The molecule has 8 heteroatoms. The van der Waals surface area contributed by atoms with Crippen molar-refractivity contribution in [2.45, 2.75) is 25.3 Å². The average Bonchev–Trinajstić information content (AvgIpc) is 3.17. The third-order valence-electron chi connectivity index (χ3n) is 4.70. The van der Waals surface area contributed by atoms with Crippen LogP contribution >= 0.6 is 0 Å².